The molecule has 0 aliphatic rings. The van der Waals surface area contributed by atoms with Gasteiger partial charge in [-0.15, -0.1) is 18.9 Å². The van der Waals surface area contributed by atoms with Crippen molar-refractivity contribution in [2.75, 3.05) is 21.3 Å². The molecule has 0 aliphatic heterocycles. The maximum Gasteiger partial charge on any atom is 0.323 e. The number of benzene rings is 3. The molecule has 0 aliphatic carbocycles. The molecule has 12 nitrogen and oxygen atoms in total. The summed E-state index contributed by atoms with van der Waals surface area (Å²) in [5.41, 5.74) is 0.496. The molecule has 0 radical (unpaired) electrons. The Morgan fingerprint density at radius 3 is 2.15 bits per heavy atom. The maximum absolute atomic E-state index is 12.2. The van der Waals surface area contributed by atoms with Crippen LogP contribution in [0.5, 0.6) is 11.5 Å². The zero-order valence-electron chi connectivity index (χ0n) is 18.4. The van der Waals surface area contributed by atoms with E-state index in [0.717, 1.165) is 14.2 Å². The quantitative estimate of drug-likeness (QED) is 0.254. The molecule has 34 heavy (non-hydrogen) atoms. The van der Waals surface area contributed by atoms with Crippen molar-refractivity contribution in [3.63, 3.8) is 0 Å². The van der Waals surface area contributed by atoms with E-state index in [9.17, 15) is 21.9 Å². The van der Waals surface area contributed by atoms with E-state index < -0.39 is 20.2 Å². The topological polar surface area (TPSA) is 159 Å². The van der Waals surface area contributed by atoms with E-state index in [4.69, 9.17) is 4.74 Å². The third-order valence-corrected chi connectivity index (χ3v) is 6.99. The Labute approximate surface area is 195 Å². The molecule has 3 aromatic rings. The Bertz CT molecular complexity index is 1470. The number of methoxy groups -OCH3 is 1. The maximum atomic E-state index is 12.2. The molecule has 0 fully saturated rings. The molecule has 182 valence electrons. The molecule has 1 N–H and O–H groups in total. The van der Waals surface area contributed by atoms with Gasteiger partial charge in [-0.1, -0.05) is 12.1 Å². The number of rotatable bonds is 9. The predicted molar refractivity (Wildman–Crippen MR) is 118 cm³/mol. The van der Waals surface area contributed by atoms with Crippen LogP contribution in [-0.4, -0.2) is 43.3 Å². The third-order valence-electron chi connectivity index (χ3n) is 4.55. The molecule has 0 saturated heterocycles. The number of ether oxygens (including phenoxy) is 1. The van der Waals surface area contributed by atoms with Crippen molar-refractivity contribution in [2.24, 2.45) is 10.2 Å². The van der Waals surface area contributed by atoms with Crippen molar-refractivity contribution >= 4 is 42.4 Å². The summed E-state index contributed by atoms with van der Waals surface area (Å²) in [4.78, 5) is 8.17. The van der Waals surface area contributed by atoms with Crippen molar-refractivity contribution in [3.05, 3.63) is 48.0 Å². The smallest absolute Gasteiger partial charge is 0.323 e. The second-order valence-corrected chi connectivity index (χ2v) is 9.68. The van der Waals surface area contributed by atoms with Crippen LogP contribution in [0.4, 0.5) is 11.4 Å². The first-order chi connectivity index (χ1) is 16.0. The Morgan fingerprint density at radius 2 is 1.50 bits per heavy atom. The summed E-state index contributed by atoms with van der Waals surface area (Å²) in [5.74, 6) is -0.152. The van der Waals surface area contributed by atoms with E-state index in [0.29, 0.717) is 10.8 Å². The molecule has 14 heteroatoms. The van der Waals surface area contributed by atoms with Gasteiger partial charge in [-0.05, 0) is 42.1 Å². The first kappa shape index (κ1) is 25.5. The van der Waals surface area contributed by atoms with E-state index >= 15 is 0 Å². The molecule has 0 heterocycles. The summed E-state index contributed by atoms with van der Waals surface area (Å²) in [7, 11) is -4.89. The molecule has 0 spiro atoms. The van der Waals surface area contributed by atoms with Crippen LogP contribution in [-0.2, 0) is 38.7 Å². The van der Waals surface area contributed by atoms with Gasteiger partial charge < -0.3 is 9.84 Å². The van der Waals surface area contributed by atoms with Crippen LogP contribution in [0.15, 0.2) is 62.5 Å². The average Bonchev–Trinajstić information content (AvgIpc) is 2.78. The van der Waals surface area contributed by atoms with Gasteiger partial charge in [0, 0.05) is 11.5 Å². The van der Waals surface area contributed by atoms with Gasteiger partial charge in [0.25, 0.3) is 0 Å². The molecule has 3 rings (SSSR count). The van der Waals surface area contributed by atoms with Crippen LogP contribution in [0.25, 0.3) is 10.8 Å². The molecule has 0 saturated carbocycles. The fourth-order valence-electron chi connectivity index (χ4n) is 3.06. The van der Waals surface area contributed by atoms with E-state index in [-0.39, 0.29) is 38.2 Å². The van der Waals surface area contributed by atoms with Crippen LogP contribution < -0.4 is 4.74 Å². The summed E-state index contributed by atoms with van der Waals surface area (Å²) >= 11 is 0. The summed E-state index contributed by atoms with van der Waals surface area (Å²) in [5, 5.41) is 19.3. The van der Waals surface area contributed by atoms with E-state index in [1.807, 2.05) is 0 Å². The van der Waals surface area contributed by atoms with Crippen molar-refractivity contribution in [3.8, 4) is 11.5 Å². The second-order valence-electron chi connectivity index (χ2n) is 6.68. The van der Waals surface area contributed by atoms with Gasteiger partial charge in [0.05, 0.1) is 26.2 Å². The van der Waals surface area contributed by atoms with Crippen LogP contribution >= 0.6 is 0 Å². The van der Waals surface area contributed by atoms with Gasteiger partial charge in [0.2, 0.25) is 0 Å². The average molecular weight is 513 g/mol. The van der Waals surface area contributed by atoms with Crippen molar-refractivity contribution in [2.45, 2.75) is 16.7 Å². The number of aromatic hydroxyl groups is 1. The predicted octanol–water partition coefficient (Wildman–Crippen LogP) is 3.81. The minimum atomic E-state index is -4.20. The monoisotopic (exact) mass is 512 g/mol. The molecule has 0 atom stereocenters. The molecular formula is C20H20N2O10S2. The standard InChI is InChI=1S/C20H20N2O10S2/c1-12-9-16(18(28-2)11-19(12)34(26,27)32-30-4)21-22-20-15-7-6-14(33(24,25)31-29-3)10-13(15)5-8-17(20)23/h5-11,23H,1-4H3. The Morgan fingerprint density at radius 1 is 0.824 bits per heavy atom. The van der Waals surface area contributed by atoms with Crippen LogP contribution in [0.2, 0.25) is 0 Å². The number of aryl methyl sites for hydroxylation is 1. The SMILES string of the molecule is COOS(=O)(=O)c1ccc2c(N=Nc3cc(C)c(S(=O)(=O)OOC)cc3OC)c(O)ccc2c1. The van der Waals surface area contributed by atoms with Crippen molar-refractivity contribution < 1.29 is 45.1 Å². The molecule has 0 unspecified atom stereocenters. The minimum absolute atomic E-state index is 0.0493. The van der Waals surface area contributed by atoms with Gasteiger partial charge in [0.15, 0.2) is 0 Å². The van der Waals surface area contributed by atoms with Crippen molar-refractivity contribution in [1.29, 1.82) is 0 Å². The lowest BCUT2D eigenvalue weighted by atomic mass is 10.1. The zero-order valence-corrected chi connectivity index (χ0v) is 20.0. The highest BCUT2D eigenvalue weighted by molar-refractivity contribution is 7.87. The third kappa shape index (κ3) is 5.16. The van der Waals surface area contributed by atoms with E-state index in [1.54, 1.807) is 0 Å². The number of fused-ring (bicyclic) bond motifs is 1. The number of nitrogens with zero attached hydrogens (tertiary/aromatic N) is 2. The van der Waals surface area contributed by atoms with Gasteiger partial charge in [-0.25, -0.2) is 9.78 Å². The molecule has 0 aromatic heterocycles. The van der Waals surface area contributed by atoms with Crippen LogP contribution in [0.3, 0.4) is 0 Å². The van der Waals surface area contributed by atoms with Gasteiger partial charge in [0.1, 0.15) is 27.8 Å². The first-order valence-corrected chi connectivity index (χ1v) is 12.2. The Balaban J connectivity index is 2.08. The lowest BCUT2D eigenvalue weighted by Crippen LogP contribution is -2.07. The molecule has 0 bridgehead atoms. The summed E-state index contributed by atoms with van der Waals surface area (Å²) in [6.07, 6.45) is 0. The largest absolute Gasteiger partial charge is 0.506 e. The van der Waals surface area contributed by atoms with Crippen LogP contribution in [0.1, 0.15) is 5.56 Å². The van der Waals surface area contributed by atoms with E-state index in [1.165, 1.54) is 56.5 Å². The lowest BCUT2D eigenvalue weighted by Gasteiger charge is -2.11. The van der Waals surface area contributed by atoms with Gasteiger partial charge >= 0.3 is 20.2 Å². The number of azo groups is 1. The van der Waals surface area contributed by atoms with Gasteiger partial charge in [-0.2, -0.15) is 16.8 Å². The van der Waals surface area contributed by atoms with E-state index in [2.05, 4.69) is 28.7 Å². The van der Waals surface area contributed by atoms with Crippen LogP contribution in [0, 0.1) is 6.92 Å². The molecule has 3 aromatic carbocycles. The molecular weight excluding hydrogens is 492 g/mol. The highest BCUT2D eigenvalue weighted by Crippen LogP contribution is 2.39. The normalized spacial score (nSPS) is 12.5. The van der Waals surface area contributed by atoms with Crippen molar-refractivity contribution in [1.82, 2.24) is 0 Å². The zero-order chi connectivity index (χ0) is 25.1. The number of hydrogen-bond acceptors (Lipinski definition) is 12. The molecule has 0 amide bonds. The fraction of sp³-hybridized carbons (Fsp3) is 0.200. The number of hydrogen-bond donors (Lipinski definition) is 1. The fourth-order valence-corrected chi connectivity index (χ4v) is 4.79. The Kier molecular flexibility index (Phi) is 7.50. The minimum Gasteiger partial charge on any atom is -0.506 e. The highest BCUT2D eigenvalue weighted by Gasteiger charge is 2.22. The highest BCUT2D eigenvalue weighted by atomic mass is 32.2. The second kappa shape index (κ2) is 10.0. The number of phenolic OH excluding ortho intramolecular Hbond substituents is 1. The number of phenols is 1. The summed E-state index contributed by atoms with van der Waals surface area (Å²) in [6, 6.07) is 9.44. The lowest BCUT2D eigenvalue weighted by molar-refractivity contribution is -0.172. The van der Waals surface area contributed by atoms with Gasteiger partial charge in [-0.3, -0.25) is 0 Å². The first-order valence-electron chi connectivity index (χ1n) is 9.34. The summed E-state index contributed by atoms with van der Waals surface area (Å²) in [6.45, 7) is 1.52. The Hall–Kier alpha value is -3.14. The summed E-state index contributed by atoms with van der Waals surface area (Å²) < 4.78 is 62.4.